The molecule has 0 unspecified atom stereocenters. The number of furan rings is 1. The molecule has 2 aromatic carbocycles. The number of nitrogen functional groups attached to an aromatic ring is 1. The highest BCUT2D eigenvalue weighted by atomic mass is 16.7. The number of hydrogen-bond donors (Lipinski definition) is 5. The largest absolute Gasteiger partial charge is 0.462 e. The Bertz CT molecular complexity index is 1080. The number of ether oxygens (including phenoxy) is 2. The maximum absolute atomic E-state index is 13.0. The predicted molar refractivity (Wildman–Crippen MR) is 109 cm³/mol. The Balaban J connectivity index is 1.58. The van der Waals surface area contributed by atoms with Crippen molar-refractivity contribution in [1.82, 2.24) is 0 Å². The first-order valence-corrected chi connectivity index (χ1v) is 9.76. The summed E-state index contributed by atoms with van der Waals surface area (Å²) in [5.74, 6) is -0.0163. The fourth-order valence-electron chi connectivity index (χ4n) is 3.67. The number of para-hydroxylation sites is 2. The summed E-state index contributed by atoms with van der Waals surface area (Å²) in [5, 5.41) is 40.1. The van der Waals surface area contributed by atoms with Crippen LogP contribution in [0.2, 0.25) is 0 Å². The lowest BCUT2D eigenvalue weighted by molar-refractivity contribution is -0.277. The molecule has 164 valence electrons. The Morgan fingerprint density at radius 2 is 1.71 bits per heavy atom. The van der Waals surface area contributed by atoms with Crippen molar-refractivity contribution >= 4 is 22.6 Å². The quantitative estimate of drug-likeness (QED) is 0.355. The van der Waals surface area contributed by atoms with Gasteiger partial charge < -0.3 is 40.1 Å². The molecule has 0 saturated carbocycles. The van der Waals surface area contributed by atoms with Gasteiger partial charge in [0.25, 0.3) is 0 Å². The molecule has 1 aliphatic rings. The third-order valence-electron chi connectivity index (χ3n) is 5.32. The van der Waals surface area contributed by atoms with Gasteiger partial charge in [0.1, 0.15) is 35.7 Å². The fraction of sp³-hybridized carbons (Fsp3) is 0.318. The van der Waals surface area contributed by atoms with Crippen molar-refractivity contribution in [2.45, 2.75) is 37.1 Å². The second kappa shape index (κ2) is 8.66. The first kappa shape index (κ1) is 21.3. The highest BCUT2D eigenvalue weighted by molar-refractivity contribution is 6.11. The van der Waals surface area contributed by atoms with Crippen LogP contribution in [0.15, 0.2) is 52.9 Å². The van der Waals surface area contributed by atoms with Crippen LogP contribution in [0.4, 0.5) is 5.88 Å². The minimum Gasteiger partial charge on any atom is -0.462 e. The lowest BCUT2D eigenvalue weighted by Gasteiger charge is -2.39. The van der Waals surface area contributed by atoms with Crippen LogP contribution in [0.3, 0.4) is 0 Å². The molecule has 31 heavy (non-hydrogen) atoms. The summed E-state index contributed by atoms with van der Waals surface area (Å²) in [6.45, 7) is -0.572. The van der Waals surface area contributed by atoms with Crippen molar-refractivity contribution in [3.8, 4) is 5.75 Å². The van der Waals surface area contributed by atoms with E-state index in [1.54, 1.807) is 48.5 Å². The smallest absolute Gasteiger partial charge is 0.229 e. The molecule has 1 fully saturated rings. The van der Waals surface area contributed by atoms with E-state index in [1.165, 1.54) is 0 Å². The van der Waals surface area contributed by atoms with Gasteiger partial charge in [0, 0.05) is 17.4 Å². The number of rotatable bonds is 6. The van der Waals surface area contributed by atoms with Gasteiger partial charge in [0.2, 0.25) is 12.2 Å². The summed E-state index contributed by atoms with van der Waals surface area (Å²) < 4.78 is 16.6. The van der Waals surface area contributed by atoms with Crippen molar-refractivity contribution < 1.29 is 39.1 Å². The highest BCUT2D eigenvalue weighted by Crippen LogP contribution is 2.31. The van der Waals surface area contributed by atoms with Crippen molar-refractivity contribution in [2.24, 2.45) is 0 Å². The van der Waals surface area contributed by atoms with E-state index in [0.717, 1.165) is 0 Å². The van der Waals surface area contributed by atoms with E-state index < -0.39 is 37.3 Å². The molecule has 9 heteroatoms. The van der Waals surface area contributed by atoms with Crippen molar-refractivity contribution in [1.29, 1.82) is 0 Å². The number of nitrogens with two attached hydrogens (primary N) is 1. The molecule has 0 spiro atoms. The molecule has 0 radical (unpaired) electrons. The van der Waals surface area contributed by atoms with Crippen LogP contribution >= 0.6 is 0 Å². The standard InChI is InChI=1S/C22H23NO8/c23-21-17(12-6-2-4-8-15(12)29-21)13(25)9-11-5-1-3-7-14(11)30-22-20(28)19(27)18(26)16(10-24)31-22/h1-8,16,18-20,22,24,26-28H,9-10,23H2/t16-,18-,19+,20-,22-/m1/s1. The summed E-state index contributed by atoms with van der Waals surface area (Å²) in [6, 6.07) is 13.7. The fourth-order valence-corrected chi connectivity index (χ4v) is 3.67. The van der Waals surface area contributed by atoms with Gasteiger partial charge in [0.15, 0.2) is 5.78 Å². The Hall–Kier alpha value is -2.95. The number of anilines is 1. The third kappa shape index (κ3) is 4.01. The Kier molecular flexibility index (Phi) is 5.94. The predicted octanol–water partition coefficient (Wildman–Crippen LogP) is 0.619. The first-order chi connectivity index (χ1) is 14.9. The van der Waals surface area contributed by atoms with Gasteiger partial charge in [-0.05, 0) is 12.1 Å². The number of aliphatic hydroxyl groups is 4. The minimum absolute atomic E-state index is 0.0264. The van der Waals surface area contributed by atoms with Crippen LogP contribution in [-0.4, -0.2) is 63.5 Å². The number of benzene rings is 2. The van der Waals surface area contributed by atoms with Crippen molar-refractivity contribution in [3.05, 3.63) is 59.7 Å². The molecule has 2 heterocycles. The summed E-state index contributed by atoms with van der Waals surface area (Å²) in [4.78, 5) is 13.0. The molecular formula is C22H23NO8. The number of fused-ring (bicyclic) bond motifs is 1. The van der Waals surface area contributed by atoms with Gasteiger partial charge in [-0.2, -0.15) is 0 Å². The molecule has 3 aromatic rings. The van der Waals surface area contributed by atoms with E-state index >= 15 is 0 Å². The molecule has 0 bridgehead atoms. The third-order valence-corrected chi connectivity index (χ3v) is 5.32. The van der Waals surface area contributed by atoms with E-state index in [1.807, 2.05) is 0 Å². The second-order valence-corrected chi connectivity index (χ2v) is 7.36. The number of hydrogen-bond acceptors (Lipinski definition) is 9. The van der Waals surface area contributed by atoms with E-state index in [2.05, 4.69) is 0 Å². The number of Topliss-reactive ketones (excluding diaryl/α,β-unsaturated/α-hetero) is 1. The van der Waals surface area contributed by atoms with Crippen molar-refractivity contribution in [2.75, 3.05) is 12.3 Å². The van der Waals surface area contributed by atoms with Gasteiger partial charge >= 0.3 is 0 Å². The molecule has 9 nitrogen and oxygen atoms in total. The van der Waals surface area contributed by atoms with Gasteiger partial charge in [-0.3, -0.25) is 4.79 Å². The molecule has 6 N–H and O–H groups in total. The van der Waals surface area contributed by atoms with Gasteiger partial charge in [-0.15, -0.1) is 0 Å². The average molecular weight is 429 g/mol. The van der Waals surface area contributed by atoms with Crippen LogP contribution in [0.5, 0.6) is 5.75 Å². The van der Waals surface area contributed by atoms with Crippen LogP contribution < -0.4 is 10.5 Å². The number of carbonyl (C=O) groups is 1. The highest BCUT2D eigenvalue weighted by Gasteiger charge is 2.44. The summed E-state index contributed by atoms with van der Waals surface area (Å²) >= 11 is 0. The second-order valence-electron chi connectivity index (χ2n) is 7.36. The van der Waals surface area contributed by atoms with Crippen LogP contribution in [0.1, 0.15) is 15.9 Å². The van der Waals surface area contributed by atoms with Crippen LogP contribution in [0, 0.1) is 0 Å². The topological polar surface area (TPSA) is 156 Å². The Morgan fingerprint density at radius 3 is 2.48 bits per heavy atom. The summed E-state index contributed by atoms with van der Waals surface area (Å²) in [6.07, 6.45) is -7.15. The van der Waals surface area contributed by atoms with E-state index in [-0.39, 0.29) is 29.4 Å². The monoisotopic (exact) mass is 429 g/mol. The maximum Gasteiger partial charge on any atom is 0.229 e. The molecule has 1 saturated heterocycles. The summed E-state index contributed by atoms with van der Waals surface area (Å²) in [5.41, 5.74) is 7.20. The lowest BCUT2D eigenvalue weighted by atomic mass is 9.99. The minimum atomic E-state index is -1.57. The number of carbonyl (C=O) groups excluding carboxylic acids is 1. The molecule has 0 aliphatic carbocycles. The molecule has 1 aromatic heterocycles. The number of ketones is 1. The number of aliphatic hydroxyl groups excluding tert-OH is 4. The zero-order valence-electron chi connectivity index (χ0n) is 16.4. The van der Waals surface area contributed by atoms with Gasteiger partial charge in [0.05, 0.1) is 12.2 Å². The zero-order valence-corrected chi connectivity index (χ0v) is 16.4. The normalized spacial score (nSPS) is 26.1. The van der Waals surface area contributed by atoms with Crippen LogP contribution in [-0.2, 0) is 11.2 Å². The maximum atomic E-state index is 13.0. The SMILES string of the molecule is Nc1oc2ccccc2c1C(=O)Cc1ccccc1O[C@@H]1O[C@H](CO)[C@@H](O)[C@H](O)[C@H]1O. The lowest BCUT2D eigenvalue weighted by Crippen LogP contribution is -2.60. The average Bonchev–Trinajstić information content (AvgIpc) is 3.11. The Labute approximate surface area is 177 Å². The Morgan fingerprint density at radius 1 is 1.00 bits per heavy atom. The summed E-state index contributed by atoms with van der Waals surface area (Å²) in [7, 11) is 0. The van der Waals surface area contributed by atoms with Gasteiger partial charge in [-0.25, -0.2) is 0 Å². The van der Waals surface area contributed by atoms with E-state index in [4.69, 9.17) is 19.6 Å². The molecule has 1 aliphatic heterocycles. The van der Waals surface area contributed by atoms with E-state index in [0.29, 0.717) is 16.5 Å². The molecule has 4 rings (SSSR count). The van der Waals surface area contributed by atoms with Crippen molar-refractivity contribution in [3.63, 3.8) is 0 Å². The molecule has 0 amide bonds. The first-order valence-electron chi connectivity index (χ1n) is 9.76. The molecule has 5 atom stereocenters. The molecular weight excluding hydrogens is 406 g/mol. The van der Waals surface area contributed by atoms with Gasteiger partial charge in [-0.1, -0.05) is 36.4 Å². The zero-order chi connectivity index (χ0) is 22.1. The van der Waals surface area contributed by atoms with Crippen LogP contribution in [0.25, 0.3) is 11.0 Å². The van der Waals surface area contributed by atoms with E-state index in [9.17, 15) is 25.2 Å².